The van der Waals surface area contributed by atoms with Crippen molar-refractivity contribution < 1.29 is 13.6 Å². The van der Waals surface area contributed by atoms with E-state index in [9.17, 15) is 13.6 Å². The number of benzene rings is 1. The van der Waals surface area contributed by atoms with Crippen LogP contribution in [0.2, 0.25) is 0 Å². The summed E-state index contributed by atoms with van der Waals surface area (Å²) in [6.07, 6.45) is 5.20. The van der Waals surface area contributed by atoms with Gasteiger partial charge in [0.05, 0.1) is 12.2 Å². The lowest BCUT2D eigenvalue weighted by molar-refractivity contribution is -0.138. The van der Waals surface area contributed by atoms with Gasteiger partial charge in [0.1, 0.15) is 11.6 Å². The van der Waals surface area contributed by atoms with E-state index in [0.29, 0.717) is 31.4 Å². The molecule has 2 atom stereocenters. The topological polar surface area (TPSA) is 50.5 Å². The van der Waals surface area contributed by atoms with Crippen LogP contribution in [0.15, 0.2) is 29.5 Å². The Kier molecular flexibility index (Phi) is 3.86. The van der Waals surface area contributed by atoms with Crippen LogP contribution >= 0.6 is 0 Å². The van der Waals surface area contributed by atoms with Gasteiger partial charge in [0.15, 0.2) is 0 Å². The standard InChI is InChI=1S/C18H18F2N4O/c1-11-10-22-23-5-3-12(8-17(11)23)18(25)24-16(2-4-21-24)13-6-14(19)9-15(20)7-13/h4,6-7,9-10,12,16H,2-3,5,8H2,1H3/t12-,16+/m0/s1. The number of rotatable bonds is 2. The average Bonchev–Trinajstić information content (AvgIpc) is 3.20. The maximum absolute atomic E-state index is 13.5. The molecule has 0 spiro atoms. The molecule has 2 aliphatic rings. The van der Waals surface area contributed by atoms with Gasteiger partial charge >= 0.3 is 0 Å². The van der Waals surface area contributed by atoms with Crippen molar-refractivity contribution in [2.24, 2.45) is 11.0 Å². The second-order valence-electron chi connectivity index (χ2n) is 6.62. The maximum atomic E-state index is 13.5. The second-order valence-corrected chi connectivity index (χ2v) is 6.62. The van der Waals surface area contributed by atoms with E-state index in [1.54, 1.807) is 6.21 Å². The molecule has 25 heavy (non-hydrogen) atoms. The quantitative estimate of drug-likeness (QED) is 0.841. The van der Waals surface area contributed by atoms with Crippen LogP contribution in [-0.2, 0) is 17.8 Å². The summed E-state index contributed by atoms with van der Waals surface area (Å²) < 4.78 is 29.0. The Morgan fingerprint density at radius 2 is 2.00 bits per heavy atom. The molecule has 0 saturated heterocycles. The molecule has 1 amide bonds. The first-order valence-corrected chi connectivity index (χ1v) is 8.35. The Hall–Kier alpha value is -2.57. The maximum Gasteiger partial charge on any atom is 0.246 e. The van der Waals surface area contributed by atoms with E-state index in [2.05, 4.69) is 10.2 Å². The zero-order valence-corrected chi connectivity index (χ0v) is 13.8. The molecule has 4 rings (SSSR count). The molecule has 0 fully saturated rings. The Balaban J connectivity index is 1.57. The fourth-order valence-electron chi connectivity index (χ4n) is 3.65. The van der Waals surface area contributed by atoms with Gasteiger partial charge in [-0.1, -0.05) is 0 Å². The van der Waals surface area contributed by atoms with E-state index in [4.69, 9.17) is 0 Å². The smallest absolute Gasteiger partial charge is 0.246 e. The Morgan fingerprint density at radius 1 is 1.24 bits per heavy atom. The number of aryl methyl sites for hydroxylation is 2. The minimum atomic E-state index is -0.647. The summed E-state index contributed by atoms with van der Waals surface area (Å²) >= 11 is 0. The molecule has 0 saturated carbocycles. The van der Waals surface area contributed by atoms with E-state index in [1.165, 1.54) is 17.1 Å². The van der Waals surface area contributed by atoms with E-state index in [-0.39, 0.29) is 11.8 Å². The van der Waals surface area contributed by atoms with Gasteiger partial charge in [-0.3, -0.25) is 9.48 Å². The molecule has 1 aromatic heterocycles. The summed E-state index contributed by atoms with van der Waals surface area (Å²) in [5, 5.41) is 9.88. The lowest BCUT2D eigenvalue weighted by Gasteiger charge is -2.29. The summed E-state index contributed by atoms with van der Waals surface area (Å²) in [4.78, 5) is 13.0. The van der Waals surface area contributed by atoms with E-state index >= 15 is 0 Å². The highest BCUT2D eigenvalue weighted by Gasteiger charge is 2.35. The van der Waals surface area contributed by atoms with Crippen LogP contribution in [0.5, 0.6) is 0 Å². The summed E-state index contributed by atoms with van der Waals surface area (Å²) in [6, 6.07) is 2.91. The fourth-order valence-corrected chi connectivity index (χ4v) is 3.65. The van der Waals surface area contributed by atoms with E-state index < -0.39 is 17.7 Å². The van der Waals surface area contributed by atoms with Gasteiger partial charge < -0.3 is 0 Å². The highest BCUT2D eigenvalue weighted by Crippen LogP contribution is 2.33. The highest BCUT2D eigenvalue weighted by molar-refractivity contribution is 5.82. The number of carbonyl (C=O) groups is 1. The first-order chi connectivity index (χ1) is 12.0. The molecule has 0 bridgehead atoms. The Morgan fingerprint density at radius 3 is 2.76 bits per heavy atom. The summed E-state index contributed by atoms with van der Waals surface area (Å²) in [5.74, 6) is -1.59. The lowest BCUT2D eigenvalue weighted by atomic mass is 9.92. The number of carbonyl (C=O) groups excluding carboxylic acids is 1. The first kappa shape index (κ1) is 15.9. The van der Waals surface area contributed by atoms with Crippen LogP contribution in [0.4, 0.5) is 8.78 Å². The fraction of sp³-hybridized carbons (Fsp3) is 0.389. The number of hydrogen-bond donors (Lipinski definition) is 0. The molecule has 3 heterocycles. The molecule has 2 aliphatic heterocycles. The molecule has 0 aliphatic carbocycles. The van der Waals surface area contributed by atoms with Gasteiger partial charge in [-0.25, -0.2) is 13.8 Å². The first-order valence-electron chi connectivity index (χ1n) is 8.35. The van der Waals surface area contributed by atoms with E-state index in [1.807, 2.05) is 17.8 Å². The van der Waals surface area contributed by atoms with Gasteiger partial charge in [-0.2, -0.15) is 10.2 Å². The number of hydrogen-bond acceptors (Lipinski definition) is 3. The van der Waals surface area contributed by atoms with Gasteiger partial charge in [0.25, 0.3) is 0 Å². The summed E-state index contributed by atoms with van der Waals surface area (Å²) in [7, 11) is 0. The van der Waals surface area contributed by atoms with Crippen molar-refractivity contribution in [3.05, 3.63) is 52.9 Å². The molecule has 7 heteroatoms. The van der Waals surface area contributed by atoms with Crippen molar-refractivity contribution in [2.75, 3.05) is 0 Å². The van der Waals surface area contributed by atoms with Crippen LogP contribution < -0.4 is 0 Å². The number of nitrogens with zero attached hydrogens (tertiary/aromatic N) is 4. The number of halogens is 2. The molecule has 5 nitrogen and oxygen atoms in total. The predicted molar refractivity (Wildman–Crippen MR) is 87.8 cm³/mol. The third kappa shape index (κ3) is 2.83. The zero-order valence-electron chi connectivity index (χ0n) is 13.8. The third-order valence-corrected chi connectivity index (χ3v) is 4.96. The second kappa shape index (κ2) is 6.06. The minimum Gasteiger partial charge on any atom is -0.273 e. The largest absolute Gasteiger partial charge is 0.273 e. The predicted octanol–water partition coefficient (Wildman–Crippen LogP) is 2.99. The average molecular weight is 344 g/mol. The van der Waals surface area contributed by atoms with Crippen LogP contribution in [0.3, 0.4) is 0 Å². The van der Waals surface area contributed by atoms with Crippen molar-refractivity contribution in [2.45, 2.75) is 38.8 Å². The van der Waals surface area contributed by atoms with Gasteiger partial charge in [-0.15, -0.1) is 0 Å². The molecule has 0 unspecified atom stereocenters. The lowest BCUT2D eigenvalue weighted by Crippen LogP contribution is -2.37. The third-order valence-electron chi connectivity index (χ3n) is 4.96. The Bertz CT molecular complexity index is 841. The monoisotopic (exact) mass is 344 g/mol. The molecule has 0 radical (unpaired) electrons. The number of hydrazone groups is 1. The van der Waals surface area contributed by atoms with Gasteiger partial charge in [0, 0.05) is 43.3 Å². The van der Waals surface area contributed by atoms with Crippen LogP contribution in [0.1, 0.15) is 35.7 Å². The van der Waals surface area contributed by atoms with Crippen LogP contribution in [0, 0.1) is 24.5 Å². The normalized spacial score (nSPS) is 22.3. The van der Waals surface area contributed by atoms with Crippen LogP contribution in [0.25, 0.3) is 0 Å². The molecule has 0 N–H and O–H groups in total. The molecular weight excluding hydrogens is 326 g/mol. The van der Waals surface area contributed by atoms with Crippen LogP contribution in [-0.4, -0.2) is 26.9 Å². The van der Waals surface area contributed by atoms with Crippen molar-refractivity contribution in [3.8, 4) is 0 Å². The zero-order chi connectivity index (χ0) is 17.6. The molecule has 2 aromatic rings. The SMILES string of the molecule is Cc1cnn2c1C[C@@H](C(=O)N1N=CC[C@@H]1c1cc(F)cc(F)c1)CC2. The summed E-state index contributed by atoms with van der Waals surface area (Å²) in [5.41, 5.74) is 2.58. The van der Waals surface area contributed by atoms with Crippen molar-refractivity contribution in [1.29, 1.82) is 0 Å². The minimum absolute atomic E-state index is 0.102. The van der Waals surface area contributed by atoms with Gasteiger partial charge in [-0.05, 0) is 36.6 Å². The number of aromatic nitrogens is 2. The Labute approximate surface area is 143 Å². The highest BCUT2D eigenvalue weighted by atomic mass is 19.1. The van der Waals surface area contributed by atoms with Gasteiger partial charge in [0.2, 0.25) is 5.91 Å². The number of amides is 1. The number of fused-ring (bicyclic) bond motifs is 1. The molecule has 1 aromatic carbocycles. The molecule has 130 valence electrons. The van der Waals surface area contributed by atoms with Crippen molar-refractivity contribution in [1.82, 2.24) is 14.8 Å². The van der Waals surface area contributed by atoms with Crippen molar-refractivity contribution in [3.63, 3.8) is 0 Å². The summed E-state index contributed by atoms with van der Waals surface area (Å²) in [6.45, 7) is 2.68. The van der Waals surface area contributed by atoms with Crippen molar-refractivity contribution >= 4 is 12.1 Å². The van der Waals surface area contributed by atoms with E-state index in [0.717, 1.165) is 17.3 Å². The molecular formula is C18H18F2N4O.